The van der Waals surface area contributed by atoms with Gasteiger partial charge >= 0.3 is 0 Å². The van der Waals surface area contributed by atoms with Crippen molar-refractivity contribution < 1.29 is 9.47 Å². The van der Waals surface area contributed by atoms with Crippen LogP contribution in [-0.2, 0) is 4.74 Å². The maximum Gasteiger partial charge on any atom is 0.189 e. The summed E-state index contributed by atoms with van der Waals surface area (Å²) in [6, 6.07) is 8.22. The summed E-state index contributed by atoms with van der Waals surface area (Å²) in [6.45, 7) is 4.23. The van der Waals surface area contributed by atoms with Crippen LogP contribution in [0.25, 0.3) is 0 Å². The number of hydrogen-bond donors (Lipinski definition) is 2. The average molecular weight is 417 g/mol. The molecule has 0 saturated carbocycles. The predicted octanol–water partition coefficient (Wildman–Crippen LogP) is 2.60. The first kappa shape index (κ1) is 17.3. The highest BCUT2D eigenvalue weighted by Gasteiger charge is 2.29. The fourth-order valence-corrected chi connectivity index (χ4v) is 2.93. The zero-order valence-electron chi connectivity index (χ0n) is 12.9. The maximum atomic E-state index is 6.04. The number of rotatable bonds is 3. The van der Waals surface area contributed by atoms with Gasteiger partial charge in [-0.3, -0.25) is 4.99 Å². The molecule has 22 heavy (non-hydrogen) atoms. The van der Waals surface area contributed by atoms with Crippen LogP contribution in [0.1, 0.15) is 37.8 Å². The van der Waals surface area contributed by atoms with Crippen LogP contribution in [0.15, 0.2) is 29.3 Å². The molecule has 1 saturated heterocycles. The number of nitrogens with one attached hydrogen (secondary N) is 1. The number of fused-ring (bicyclic) bond motifs is 1. The number of hydrogen-bond acceptors (Lipinski definition) is 3. The summed E-state index contributed by atoms with van der Waals surface area (Å²) in [5.41, 5.74) is 7.03. The van der Waals surface area contributed by atoms with Gasteiger partial charge in [0, 0.05) is 18.6 Å². The topological polar surface area (TPSA) is 68.9 Å². The number of aliphatic imine (C=N–C) groups is 1. The normalized spacial score (nSPS) is 27.5. The molecule has 1 aromatic rings. The highest BCUT2D eigenvalue weighted by Crippen LogP contribution is 2.31. The molecule has 2 heterocycles. The minimum absolute atomic E-state index is 0. The summed E-state index contributed by atoms with van der Waals surface area (Å²) in [7, 11) is 0. The number of benzene rings is 1. The van der Waals surface area contributed by atoms with Gasteiger partial charge in [-0.15, -0.1) is 24.0 Å². The standard InChI is InChI=1S/C16H23N3O2.HI/c1-16(8-4-9-21-16)11-18-15(17)19-13-7-10-20-14-6-3-2-5-12(13)14;/h2-3,5-6,13H,4,7-11H2,1H3,(H3,17,18,19);1H. The molecule has 2 unspecified atom stereocenters. The van der Waals surface area contributed by atoms with Gasteiger partial charge in [0.25, 0.3) is 0 Å². The van der Waals surface area contributed by atoms with Crippen molar-refractivity contribution >= 4 is 29.9 Å². The molecule has 2 atom stereocenters. The Morgan fingerprint density at radius 3 is 3.00 bits per heavy atom. The van der Waals surface area contributed by atoms with Crippen molar-refractivity contribution in [3.63, 3.8) is 0 Å². The van der Waals surface area contributed by atoms with E-state index in [0.29, 0.717) is 19.1 Å². The van der Waals surface area contributed by atoms with Crippen LogP contribution in [0.5, 0.6) is 5.75 Å². The lowest BCUT2D eigenvalue weighted by atomic mass is 10.0. The van der Waals surface area contributed by atoms with Crippen LogP contribution in [0.4, 0.5) is 0 Å². The summed E-state index contributed by atoms with van der Waals surface area (Å²) in [6.07, 6.45) is 3.04. The van der Waals surface area contributed by atoms with Gasteiger partial charge in [0.15, 0.2) is 5.96 Å². The van der Waals surface area contributed by atoms with Crippen LogP contribution >= 0.6 is 24.0 Å². The Morgan fingerprint density at radius 1 is 1.41 bits per heavy atom. The molecule has 0 spiro atoms. The molecule has 3 N–H and O–H groups in total. The molecule has 6 heteroatoms. The number of guanidine groups is 1. The lowest BCUT2D eigenvalue weighted by Gasteiger charge is -2.27. The van der Waals surface area contributed by atoms with Crippen molar-refractivity contribution in [1.29, 1.82) is 0 Å². The monoisotopic (exact) mass is 417 g/mol. The van der Waals surface area contributed by atoms with Crippen molar-refractivity contribution in [2.75, 3.05) is 19.8 Å². The lowest BCUT2D eigenvalue weighted by molar-refractivity contribution is 0.0284. The molecule has 0 amide bonds. The van der Waals surface area contributed by atoms with Gasteiger partial charge in [-0.1, -0.05) is 18.2 Å². The second kappa shape index (κ2) is 7.50. The van der Waals surface area contributed by atoms with Gasteiger partial charge in [0.1, 0.15) is 5.75 Å². The molecule has 2 aliphatic heterocycles. The third-order valence-corrected chi connectivity index (χ3v) is 4.16. The summed E-state index contributed by atoms with van der Waals surface area (Å²) >= 11 is 0. The summed E-state index contributed by atoms with van der Waals surface area (Å²) in [5.74, 6) is 1.41. The minimum Gasteiger partial charge on any atom is -0.493 e. The van der Waals surface area contributed by atoms with Crippen molar-refractivity contribution in [2.45, 2.75) is 37.8 Å². The Bertz CT molecular complexity index is 530. The summed E-state index contributed by atoms with van der Waals surface area (Å²) in [4.78, 5) is 4.46. The van der Waals surface area contributed by atoms with E-state index in [4.69, 9.17) is 15.2 Å². The number of ether oxygens (including phenoxy) is 2. The molecular weight excluding hydrogens is 393 g/mol. The van der Waals surface area contributed by atoms with E-state index in [1.54, 1.807) is 0 Å². The highest BCUT2D eigenvalue weighted by atomic mass is 127. The van der Waals surface area contributed by atoms with E-state index in [1.165, 1.54) is 0 Å². The Balaban J connectivity index is 0.00000176. The van der Waals surface area contributed by atoms with Gasteiger partial charge in [-0.25, -0.2) is 0 Å². The van der Waals surface area contributed by atoms with Crippen LogP contribution in [0, 0.1) is 0 Å². The van der Waals surface area contributed by atoms with E-state index in [-0.39, 0.29) is 35.6 Å². The largest absolute Gasteiger partial charge is 0.493 e. The molecule has 2 aliphatic rings. The molecule has 0 aromatic heterocycles. The maximum absolute atomic E-state index is 6.04. The van der Waals surface area contributed by atoms with Crippen LogP contribution in [0.3, 0.4) is 0 Å². The number of para-hydroxylation sites is 1. The minimum atomic E-state index is -0.153. The van der Waals surface area contributed by atoms with Crippen LogP contribution in [0.2, 0.25) is 0 Å². The van der Waals surface area contributed by atoms with Crippen molar-refractivity contribution in [2.24, 2.45) is 10.7 Å². The molecule has 1 aromatic carbocycles. The third-order valence-electron chi connectivity index (χ3n) is 4.16. The molecule has 1 fully saturated rings. The van der Waals surface area contributed by atoms with Crippen molar-refractivity contribution in [3.8, 4) is 5.75 Å². The molecule has 0 radical (unpaired) electrons. The molecule has 122 valence electrons. The zero-order valence-corrected chi connectivity index (χ0v) is 15.2. The first-order valence-corrected chi connectivity index (χ1v) is 7.58. The first-order valence-electron chi connectivity index (χ1n) is 7.58. The van der Waals surface area contributed by atoms with E-state index in [0.717, 1.165) is 37.2 Å². The molecule has 0 bridgehead atoms. The van der Waals surface area contributed by atoms with Crippen LogP contribution in [-0.4, -0.2) is 31.3 Å². The fraction of sp³-hybridized carbons (Fsp3) is 0.562. The van der Waals surface area contributed by atoms with E-state index < -0.39 is 0 Å². The quantitative estimate of drug-likeness (QED) is 0.451. The summed E-state index contributed by atoms with van der Waals surface area (Å²) < 4.78 is 11.4. The Morgan fingerprint density at radius 2 is 2.23 bits per heavy atom. The van der Waals surface area contributed by atoms with E-state index in [1.807, 2.05) is 18.2 Å². The number of nitrogens with two attached hydrogens (primary N) is 1. The number of halogens is 1. The second-order valence-corrected chi connectivity index (χ2v) is 5.98. The highest BCUT2D eigenvalue weighted by molar-refractivity contribution is 14.0. The Hall–Kier alpha value is -1.02. The first-order chi connectivity index (χ1) is 10.2. The smallest absolute Gasteiger partial charge is 0.189 e. The fourth-order valence-electron chi connectivity index (χ4n) is 2.93. The molecule has 3 rings (SSSR count). The SMILES string of the molecule is CC1(CN=C(N)NC2CCOc3ccccc32)CCCO1.I. The van der Waals surface area contributed by atoms with Gasteiger partial charge in [0.2, 0.25) is 0 Å². The van der Waals surface area contributed by atoms with E-state index in [2.05, 4.69) is 23.3 Å². The van der Waals surface area contributed by atoms with Crippen molar-refractivity contribution in [1.82, 2.24) is 5.32 Å². The number of nitrogens with zero attached hydrogens (tertiary/aromatic N) is 1. The zero-order chi connectivity index (χ0) is 14.7. The van der Waals surface area contributed by atoms with E-state index in [9.17, 15) is 0 Å². The Kier molecular flexibility index (Phi) is 5.91. The molecule has 0 aliphatic carbocycles. The average Bonchev–Trinajstić information content (AvgIpc) is 2.93. The van der Waals surface area contributed by atoms with Gasteiger partial charge < -0.3 is 20.5 Å². The van der Waals surface area contributed by atoms with Crippen molar-refractivity contribution in [3.05, 3.63) is 29.8 Å². The van der Waals surface area contributed by atoms with Crippen LogP contribution < -0.4 is 15.8 Å². The predicted molar refractivity (Wildman–Crippen MR) is 97.9 cm³/mol. The Labute approximate surface area is 148 Å². The van der Waals surface area contributed by atoms with Gasteiger partial charge in [-0.2, -0.15) is 0 Å². The van der Waals surface area contributed by atoms with E-state index >= 15 is 0 Å². The third kappa shape index (κ3) is 4.04. The molecule has 5 nitrogen and oxygen atoms in total. The van der Waals surface area contributed by atoms with Gasteiger partial charge in [0.05, 0.1) is 24.8 Å². The second-order valence-electron chi connectivity index (χ2n) is 5.98. The van der Waals surface area contributed by atoms with Gasteiger partial charge in [-0.05, 0) is 25.8 Å². The molecular formula is C16H24IN3O2. The summed E-state index contributed by atoms with van der Waals surface area (Å²) in [5, 5.41) is 3.31. The lowest BCUT2D eigenvalue weighted by Crippen LogP contribution is -2.39.